The molecular formula is C23H43N3O2. The number of hydrogen-bond donors (Lipinski definition) is 1. The van der Waals surface area contributed by atoms with E-state index in [-0.39, 0.29) is 11.8 Å². The zero-order chi connectivity index (χ0) is 20.5. The van der Waals surface area contributed by atoms with Crippen LogP contribution in [-0.4, -0.2) is 60.9 Å². The normalized spacial score (nSPS) is 18.8. The Labute approximate surface area is 172 Å². The maximum atomic E-state index is 11.9. The van der Waals surface area contributed by atoms with E-state index in [0.717, 1.165) is 39.0 Å². The summed E-state index contributed by atoms with van der Waals surface area (Å²) in [6.07, 6.45) is 18.3. The van der Waals surface area contributed by atoms with Crippen LogP contribution in [0.15, 0.2) is 12.2 Å². The van der Waals surface area contributed by atoms with E-state index in [1.165, 1.54) is 71.3 Å². The Balaban J connectivity index is 2.33. The van der Waals surface area contributed by atoms with Crippen LogP contribution >= 0.6 is 0 Å². The molecule has 0 saturated heterocycles. The van der Waals surface area contributed by atoms with Gasteiger partial charge < -0.3 is 15.1 Å². The van der Waals surface area contributed by atoms with E-state index in [0.29, 0.717) is 6.54 Å². The molecule has 2 amide bonds. The zero-order valence-electron chi connectivity index (χ0n) is 18.4. The largest absolute Gasteiger partial charge is 0.356 e. The van der Waals surface area contributed by atoms with Crippen LogP contribution in [0.5, 0.6) is 0 Å². The number of carbonyl (C=O) groups is 2. The summed E-state index contributed by atoms with van der Waals surface area (Å²) in [4.78, 5) is 27.3. The molecule has 1 aliphatic heterocycles. The molecule has 0 bridgehead atoms. The molecule has 0 spiro atoms. The molecule has 0 aromatic heterocycles. The van der Waals surface area contributed by atoms with Gasteiger partial charge in [0, 0.05) is 33.5 Å². The summed E-state index contributed by atoms with van der Waals surface area (Å²) in [6, 6.07) is 0. The van der Waals surface area contributed by atoms with Crippen LogP contribution < -0.4 is 5.32 Å². The van der Waals surface area contributed by atoms with Crippen molar-refractivity contribution < 1.29 is 9.59 Å². The molecule has 0 aromatic carbocycles. The summed E-state index contributed by atoms with van der Waals surface area (Å²) in [5.74, 6) is 0.125. The monoisotopic (exact) mass is 393 g/mol. The fourth-order valence-electron chi connectivity index (χ4n) is 3.75. The second kappa shape index (κ2) is 16.6. The highest BCUT2D eigenvalue weighted by Gasteiger charge is 2.10. The molecule has 0 unspecified atom stereocenters. The average Bonchev–Trinajstić information content (AvgIpc) is 2.65. The minimum Gasteiger partial charge on any atom is -0.356 e. The van der Waals surface area contributed by atoms with Gasteiger partial charge in [0.05, 0.1) is 0 Å². The number of nitrogens with zero attached hydrogens (tertiary/aromatic N) is 2. The third kappa shape index (κ3) is 13.8. The van der Waals surface area contributed by atoms with Crippen molar-refractivity contribution in [3.8, 4) is 0 Å². The van der Waals surface area contributed by atoms with Gasteiger partial charge in [-0.25, -0.2) is 0 Å². The van der Waals surface area contributed by atoms with Gasteiger partial charge in [-0.3, -0.25) is 9.59 Å². The van der Waals surface area contributed by atoms with Crippen molar-refractivity contribution in [2.24, 2.45) is 0 Å². The number of hydrogen-bond acceptors (Lipinski definition) is 3. The lowest BCUT2D eigenvalue weighted by atomic mass is 10.1. The van der Waals surface area contributed by atoms with Gasteiger partial charge in [0.1, 0.15) is 0 Å². The lowest BCUT2D eigenvalue weighted by Gasteiger charge is -2.25. The molecule has 5 nitrogen and oxygen atoms in total. The number of nitrogens with one attached hydrogen (secondary N) is 1. The highest BCUT2D eigenvalue weighted by Crippen LogP contribution is 2.10. The zero-order valence-corrected chi connectivity index (χ0v) is 18.4. The van der Waals surface area contributed by atoms with E-state index in [4.69, 9.17) is 0 Å². The summed E-state index contributed by atoms with van der Waals surface area (Å²) in [5.41, 5.74) is 0. The van der Waals surface area contributed by atoms with Crippen molar-refractivity contribution in [1.29, 1.82) is 0 Å². The molecule has 0 atom stereocenters. The van der Waals surface area contributed by atoms with Crippen LogP contribution in [0.4, 0.5) is 0 Å². The molecule has 1 rings (SSSR count). The minimum atomic E-state index is -0.00847. The van der Waals surface area contributed by atoms with Crippen molar-refractivity contribution in [2.45, 2.75) is 84.5 Å². The van der Waals surface area contributed by atoms with Crippen molar-refractivity contribution in [2.75, 3.05) is 39.3 Å². The SMILES string of the molecule is CC(=O)NCCCN(CCCN1CCC/C=C\CCCCCCCC1)C(C)=O. The maximum absolute atomic E-state index is 11.9. The highest BCUT2D eigenvalue weighted by atomic mass is 16.2. The summed E-state index contributed by atoms with van der Waals surface area (Å²) < 4.78 is 0. The fraction of sp³-hybridized carbons (Fsp3) is 0.826. The Morgan fingerprint density at radius 2 is 1.46 bits per heavy atom. The number of amides is 2. The summed E-state index contributed by atoms with van der Waals surface area (Å²) in [5, 5.41) is 2.80. The summed E-state index contributed by atoms with van der Waals surface area (Å²) in [7, 11) is 0. The third-order valence-corrected chi connectivity index (χ3v) is 5.43. The first kappa shape index (κ1) is 24.7. The predicted molar refractivity (Wildman–Crippen MR) is 117 cm³/mol. The third-order valence-electron chi connectivity index (χ3n) is 5.43. The molecule has 0 aromatic rings. The standard InChI is InChI=1S/C23H43N3O2/c1-22(27)24-16-14-20-26(23(2)28)21-15-19-25-17-12-10-8-6-4-3-5-7-9-11-13-18-25/h6,8H,3-5,7,9-21H2,1-2H3,(H,24,27)/b8-6-. The first-order valence-electron chi connectivity index (χ1n) is 11.5. The van der Waals surface area contributed by atoms with Gasteiger partial charge in [-0.1, -0.05) is 37.8 Å². The molecule has 1 aliphatic rings. The lowest BCUT2D eigenvalue weighted by Crippen LogP contribution is -2.35. The van der Waals surface area contributed by atoms with Gasteiger partial charge in [0.15, 0.2) is 0 Å². The van der Waals surface area contributed by atoms with Gasteiger partial charge in [-0.2, -0.15) is 0 Å². The van der Waals surface area contributed by atoms with E-state index >= 15 is 0 Å². The van der Waals surface area contributed by atoms with Gasteiger partial charge in [0.25, 0.3) is 0 Å². The molecule has 162 valence electrons. The van der Waals surface area contributed by atoms with E-state index in [1.807, 2.05) is 4.90 Å². The Kier molecular flexibility index (Phi) is 14.6. The Hall–Kier alpha value is -1.36. The molecule has 0 aliphatic carbocycles. The molecule has 0 fully saturated rings. The molecule has 28 heavy (non-hydrogen) atoms. The summed E-state index contributed by atoms with van der Waals surface area (Å²) in [6.45, 7) is 8.76. The molecule has 0 radical (unpaired) electrons. The van der Waals surface area contributed by atoms with E-state index in [1.54, 1.807) is 6.92 Å². The summed E-state index contributed by atoms with van der Waals surface area (Å²) >= 11 is 0. The predicted octanol–water partition coefficient (Wildman–Crippen LogP) is 4.13. The smallest absolute Gasteiger partial charge is 0.219 e. The van der Waals surface area contributed by atoms with Gasteiger partial charge in [0.2, 0.25) is 11.8 Å². The topological polar surface area (TPSA) is 52.7 Å². The molecule has 5 heteroatoms. The number of rotatable bonds is 8. The Morgan fingerprint density at radius 3 is 2.18 bits per heavy atom. The van der Waals surface area contributed by atoms with E-state index in [9.17, 15) is 9.59 Å². The van der Waals surface area contributed by atoms with Crippen LogP contribution in [0.1, 0.15) is 84.5 Å². The second-order valence-corrected chi connectivity index (χ2v) is 8.06. The van der Waals surface area contributed by atoms with E-state index in [2.05, 4.69) is 22.4 Å². The maximum Gasteiger partial charge on any atom is 0.219 e. The van der Waals surface area contributed by atoms with Crippen molar-refractivity contribution in [3.63, 3.8) is 0 Å². The Bertz CT molecular complexity index is 451. The van der Waals surface area contributed by atoms with Crippen LogP contribution in [0.3, 0.4) is 0 Å². The van der Waals surface area contributed by atoms with Crippen molar-refractivity contribution >= 4 is 11.8 Å². The van der Waals surface area contributed by atoms with Crippen LogP contribution in [0, 0.1) is 0 Å². The van der Waals surface area contributed by atoms with Gasteiger partial charge >= 0.3 is 0 Å². The van der Waals surface area contributed by atoms with Gasteiger partial charge in [-0.05, 0) is 64.6 Å². The highest BCUT2D eigenvalue weighted by molar-refractivity contribution is 5.73. The van der Waals surface area contributed by atoms with Crippen LogP contribution in [0.25, 0.3) is 0 Å². The molecule has 0 saturated carbocycles. The molecule has 1 N–H and O–H groups in total. The van der Waals surface area contributed by atoms with Gasteiger partial charge in [-0.15, -0.1) is 0 Å². The number of carbonyl (C=O) groups excluding carboxylic acids is 2. The molecule has 1 heterocycles. The van der Waals surface area contributed by atoms with Crippen LogP contribution in [-0.2, 0) is 9.59 Å². The quantitative estimate of drug-likeness (QED) is 0.498. The average molecular weight is 394 g/mol. The lowest BCUT2D eigenvalue weighted by molar-refractivity contribution is -0.129. The van der Waals surface area contributed by atoms with Crippen molar-refractivity contribution in [3.05, 3.63) is 12.2 Å². The molecular weight excluding hydrogens is 350 g/mol. The number of allylic oxidation sites excluding steroid dienone is 2. The van der Waals surface area contributed by atoms with Crippen molar-refractivity contribution in [1.82, 2.24) is 15.1 Å². The van der Waals surface area contributed by atoms with E-state index < -0.39 is 0 Å². The first-order valence-corrected chi connectivity index (χ1v) is 11.5. The Morgan fingerprint density at radius 1 is 0.857 bits per heavy atom. The van der Waals surface area contributed by atoms with Crippen LogP contribution in [0.2, 0.25) is 0 Å². The minimum absolute atomic E-state index is 0.00847. The first-order chi connectivity index (χ1) is 13.6. The fourth-order valence-corrected chi connectivity index (χ4v) is 3.75. The second-order valence-electron chi connectivity index (χ2n) is 8.06.